The summed E-state index contributed by atoms with van der Waals surface area (Å²) in [6.07, 6.45) is -4.42. The maximum absolute atomic E-state index is 12.0. The molecule has 0 spiro atoms. The molecular weight excluding hydrogens is 237 g/mol. The van der Waals surface area contributed by atoms with Gasteiger partial charge in [0.05, 0.1) is 12.6 Å². The first-order chi connectivity index (χ1) is 7.83. The standard InChI is InChI=1S/C10H9F3N2O2/c11-10(12,13)5-15-7(4-14)6-1-2-8(16)9(17)3-6/h1-3,7,15-17H,5H2. The fourth-order valence-corrected chi connectivity index (χ4v) is 1.18. The van der Waals surface area contributed by atoms with Gasteiger partial charge in [-0.05, 0) is 17.7 Å². The molecule has 1 rings (SSSR count). The Morgan fingerprint density at radius 1 is 1.29 bits per heavy atom. The SMILES string of the molecule is N#CC(NCC(F)(F)F)c1ccc(O)c(O)c1. The minimum atomic E-state index is -4.42. The number of nitrogens with zero attached hydrogens (tertiary/aromatic N) is 1. The summed E-state index contributed by atoms with van der Waals surface area (Å²) < 4.78 is 35.9. The lowest BCUT2D eigenvalue weighted by Gasteiger charge is -2.14. The molecule has 92 valence electrons. The van der Waals surface area contributed by atoms with Crippen LogP contribution >= 0.6 is 0 Å². The molecule has 4 nitrogen and oxygen atoms in total. The molecule has 0 saturated carbocycles. The number of halogens is 3. The summed E-state index contributed by atoms with van der Waals surface area (Å²) in [7, 11) is 0. The number of phenols is 2. The van der Waals surface area contributed by atoms with Crippen LogP contribution in [-0.2, 0) is 0 Å². The molecule has 0 aliphatic rings. The molecule has 0 aromatic heterocycles. The second-order valence-corrected chi connectivity index (χ2v) is 3.31. The largest absolute Gasteiger partial charge is 0.504 e. The number of aromatic hydroxyl groups is 2. The van der Waals surface area contributed by atoms with Crippen molar-refractivity contribution in [2.24, 2.45) is 0 Å². The number of nitrogens with one attached hydrogen (secondary N) is 1. The van der Waals surface area contributed by atoms with E-state index in [-0.39, 0.29) is 5.56 Å². The summed E-state index contributed by atoms with van der Waals surface area (Å²) in [5.74, 6) is -0.891. The number of benzene rings is 1. The van der Waals surface area contributed by atoms with Crippen LogP contribution in [-0.4, -0.2) is 22.9 Å². The van der Waals surface area contributed by atoms with Crippen LogP contribution in [0.5, 0.6) is 11.5 Å². The van der Waals surface area contributed by atoms with Crippen molar-refractivity contribution in [3.63, 3.8) is 0 Å². The van der Waals surface area contributed by atoms with Gasteiger partial charge in [0.2, 0.25) is 0 Å². The first-order valence-corrected chi connectivity index (χ1v) is 4.55. The van der Waals surface area contributed by atoms with Gasteiger partial charge in [0, 0.05) is 0 Å². The van der Waals surface area contributed by atoms with E-state index in [0.29, 0.717) is 0 Å². The molecule has 0 bridgehead atoms. The number of phenolic OH excluding ortho intramolecular Hbond substituents is 2. The van der Waals surface area contributed by atoms with Crippen molar-refractivity contribution in [2.75, 3.05) is 6.54 Å². The Kier molecular flexibility index (Phi) is 3.81. The highest BCUT2D eigenvalue weighted by atomic mass is 19.4. The average Bonchev–Trinajstić information content (AvgIpc) is 2.22. The van der Waals surface area contributed by atoms with E-state index in [4.69, 9.17) is 15.5 Å². The monoisotopic (exact) mass is 246 g/mol. The molecule has 0 radical (unpaired) electrons. The van der Waals surface area contributed by atoms with Crippen LogP contribution in [0.2, 0.25) is 0 Å². The van der Waals surface area contributed by atoms with Gasteiger partial charge in [-0.3, -0.25) is 5.32 Å². The van der Waals surface area contributed by atoms with Gasteiger partial charge in [-0.1, -0.05) is 6.07 Å². The number of rotatable bonds is 3. The zero-order chi connectivity index (χ0) is 13.1. The quantitative estimate of drug-likeness (QED) is 0.711. The summed E-state index contributed by atoms with van der Waals surface area (Å²) in [6, 6.07) is 3.82. The first kappa shape index (κ1) is 13.1. The number of hydrogen-bond acceptors (Lipinski definition) is 4. The van der Waals surface area contributed by atoms with Gasteiger partial charge in [0.15, 0.2) is 11.5 Å². The molecule has 0 heterocycles. The van der Waals surface area contributed by atoms with Crippen molar-refractivity contribution in [1.82, 2.24) is 5.32 Å². The second-order valence-electron chi connectivity index (χ2n) is 3.31. The van der Waals surface area contributed by atoms with Gasteiger partial charge >= 0.3 is 6.18 Å². The van der Waals surface area contributed by atoms with Crippen molar-refractivity contribution in [3.05, 3.63) is 23.8 Å². The third-order valence-corrected chi connectivity index (χ3v) is 1.97. The molecule has 1 aromatic carbocycles. The molecule has 1 aromatic rings. The summed E-state index contributed by atoms with van der Waals surface area (Å²) in [4.78, 5) is 0. The van der Waals surface area contributed by atoms with Gasteiger partial charge in [0.25, 0.3) is 0 Å². The molecule has 1 atom stereocenters. The van der Waals surface area contributed by atoms with E-state index >= 15 is 0 Å². The maximum atomic E-state index is 12.0. The maximum Gasteiger partial charge on any atom is 0.401 e. The zero-order valence-electron chi connectivity index (χ0n) is 8.49. The molecule has 0 aliphatic heterocycles. The van der Waals surface area contributed by atoms with Crippen molar-refractivity contribution in [3.8, 4) is 17.6 Å². The Bertz CT molecular complexity index is 440. The van der Waals surface area contributed by atoms with Crippen LogP contribution in [0.1, 0.15) is 11.6 Å². The molecule has 0 amide bonds. The lowest BCUT2D eigenvalue weighted by Crippen LogP contribution is -2.31. The highest BCUT2D eigenvalue weighted by molar-refractivity contribution is 5.42. The van der Waals surface area contributed by atoms with Gasteiger partial charge < -0.3 is 10.2 Å². The van der Waals surface area contributed by atoms with Crippen LogP contribution in [0.4, 0.5) is 13.2 Å². The minimum absolute atomic E-state index is 0.145. The van der Waals surface area contributed by atoms with E-state index in [1.165, 1.54) is 6.07 Å². The molecule has 0 saturated heterocycles. The highest BCUT2D eigenvalue weighted by Crippen LogP contribution is 2.28. The number of nitriles is 1. The highest BCUT2D eigenvalue weighted by Gasteiger charge is 2.28. The lowest BCUT2D eigenvalue weighted by molar-refractivity contribution is -0.125. The third-order valence-electron chi connectivity index (χ3n) is 1.97. The van der Waals surface area contributed by atoms with Crippen LogP contribution in [0.25, 0.3) is 0 Å². The van der Waals surface area contributed by atoms with E-state index in [1.807, 2.05) is 5.32 Å². The van der Waals surface area contributed by atoms with Crippen molar-refractivity contribution in [2.45, 2.75) is 12.2 Å². The molecular formula is C10H9F3N2O2. The summed E-state index contributed by atoms with van der Waals surface area (Å²) in [6.45, 7) is -1.31. The Balaban J connectivity index is 2.81. The smallest absolute Gasteiger partial charge is 0.401 e. The molecule has 0 aliphatic carbocycles. The van der Waals surface area contributed by atoms with Crippen LogP contribution in [0, 0.1) is 11.3 Å². The predicted molar refractivity (Wildman–Crippen MR) is 52.2 cm³/mol. The van der Waals surface area contributed by atoms with E-state index in [1.54, 1.807) is 6.07 Å². The van der Waals surface area contributed by atoms with E-state index < -0.39 is 30.3 Å². The summed E-state index contributed by atoms with van der Waals surface area (Å²) in [5, 5.41) is 28.9. The molecule has 17 heavy (non-hydrogen) atoms. The number of hydrogen-bond donors (Lipinski definition) is 3. The van der Waals surface area contributed by atoms with Gasteiger partial charge in [0.1, 0.15) is 6.04 Å². The fourth-order valence-electron chi connectivity index (χ4n) is 1.18. The summed E-state index contributed by atoms with van der Waals surface area (Å²) >= 11 is 0. The van der Waals surface area contributed by atoms with Gasteiger partial charge in [-0.25, -0.2) is 0 Å². The number of alkyl halides is 3. The van der Waals surface area contributed by atoms with E-state index in [2.05, 4.69) is 0 Å². The fraction of sp³-hybridized carbons (Fsp3) is 0.300. The molecule has 0 fully saturated rings. The average molecular weight is 246 g/mol. The van der Waals surface area contributed by atoms with Crippen LogP contribution in [0.15, 0.2) is 18.2 Å². The lowest BCUT2D eigenvalue weighted by atomic mass is 10.1. The molecule has 7 heteroatoms. The zero-order valence-corrected chi connectivity index (χ0v) is 8.49. The third kappa shape index (κ3) is 3.85. The minimum Gasteiger partial charge on any atom is -0.504 e. The normalized spacial score (nSPS) is 13.1. The van der Waals surface area contributed by atoms with Crippen molar-refractivity contribution < 1.29 is 23.4 Å². The Hall–Kier alpha value is -1.94. The van der Waals surface area contributed by atoms with Crippen molar-refractivity contribution in [1.29, 1.82) is 5.26 Å². The van der Waals surface area contributed by atoms with Gasteiger partial charge in [-0.2, -0.15) is 18.4 Å². The molecule has 3 N–H and O–H groups in total. The van der Waals surface area contributed by atoms with Crippen LogP contribution < -0.4 is 5.32 Å². The Morgan fingerprint density at radius 2 is 1.94 bits per heavy atom. The topological polar surface area (TPSA) is 76.3 Å². The van der Waals surface area contributed by atoms with Crippen LogP contribution in [0.3, 0.4) is 0 Å². The van der Waals surface area contributed by atoms with E-state index in [9.17, 15) is 13.2 Å². The van der Waals surface area contributed by atoms with E-state index in [0.717, 1.165) is 12.1 Å². The molecule has 1 unspecified atom stereocenters. The first-order valence-electron chi connectivity index (χ1n) is 4.55. The summed E-state index contributed by atoms with van der Waals surface area (Å²) in [5.41, 5.74) is 0.145. The van der Waals surface area contributed by atoms with Gasteiger partial charge in [-0.15, -0.1) is 0 Å². The predicted octanol–water partition coefficient (Wildman–Crippen LogP) is 1.81. The van der Waals surface area contributed by atoms with Crippen molar-refractivity contribution >= 4 is 0 Å². The Labute approximate surface area is 94.9 Å². The second kappa shape index (κ2) is 4.93. The Morgan fingerprint density at radius 3 is 2.41 bits per heavy atom.